The third kappa shape index (κ3) is 10.9. The van der Waals surface area contributed by atoms with Crippen LogP contribution in [-0.4, -0.2) is 53.1 Å². The number of nitrogens with zero attached hydrogens (tertiary/aromatic N) is 2. The largest absolute Gasteiger partial charge is 0.423 e. The highest BCUT2D eigenvalue weighted by molar-refractivity contribution is 6.31. The van der Waals surface area contributed by atoms with Crippen LogP contribution >= 0.6 is 0 Å². The molecule has 0 unspecified atom stereocenters. The highest BCUT2D eigenvalue weighted by Crippen LogP contribution is 2.28. The summed E-state index contributed by atoms with van der Waals surface area (Å²) in [6.45, 7) is 3.46. The van der Waals surface area contributed by atoms with Gasteiger partial charge in [0.1, 0.15) is 17.2 Å². The predicted molar refractivity (Wildman–Crippen MR) is 272 cm³/mol. The molecule has 74 heavy (non-hydrogen) atoms. The number of hydrogen-bond acceptors (Lipinski definition) is 13. The average molecular weight is 984 g/mol. The first kappa shape index (κ1) is 48.9. The van der Waals surface area contributed by atoms with Crippen LogP contribution in [0.3, 0.4) is 0 Å². The summed E-state index contributed by atoms with van der Waals surface area (Å²) in [7, 11) is 0. The first-order valence-electron chi connectivity index (χ1n) is 23.0. The lowest BCUT2D eigenvalue weighted by Crippen LogP contribution is -2.30. The zero-order valence-corrected chi connectivity index (χ0v) is 39.5. The molecule has 7 aromatic rings. The number of carbonyl (C=O) groups is 9. The third-order valence-electron chi connectivity index (χ3n) is 11.9. The Morgan fingerprint density at radius 3 is 1.31 bits per heavy atom. The van der Waals surface area contributed by atoms with E-state index in [4.69, 9.17) is 14.2 Å². The van der Waals surface area contributed by atoms with Crippen LogP contribution in [0.25, 0.3) is 11.1 Å². The normalized spacial score (nSPS) is 13.1. The number of hydrogen-bond donors (Lipinski definition) is 1. The summed E-state index contributed by atoms with van der Waals surface area (Å²) < 4.78 is 16.8. The van der Waals surface area contributed by atoms with Crippen molar-refractivity contribution in [1.29, 1.82) is 0 Å². The van der Waals surface area contributed by atoms with E-state index in [2.05, 4.69) is 5.32 Å². The molecule has 0 spiro atoms. The highest BCUT2D eigenvalue weighted by atomic mass is 16.5. The molecule has 0 radical (unpaired) electrons. The lowest BCUT2D eigenvalue weighted by atomic mass is 10.00. The van der Waals surface area contributed by atoms with Crippen LogP contribution in [0.2, 0.25) is 0 Å². The van der Waals surface area contributed by atoms with Crippen molar-refractivity contribution < 1.29 is 57.4 Å². The number of benzene rings is 7. The Kier molecular flexibility index (Phi) is 13.9. The molecule has 7 aromatic carbocycles. The van der Waals surface area contributed by atoms with E-state index in [1.807, 2.05) is 6.07 Å². The van der Waals surface area contributed by atoms with E-state index in [1.54, 1.807) is 105 Å². The van der Waals surface area contributed by atoms with Gasteiger partial charge in [-0.25, -0.2) is 24.2 Å². The number of ether oxygens (including phenoxy) is 3. The van der Waals surface area contributed by atoms with Crippen molar-refractivity contribution >= 4 is 70.2 Å². The number of imide groups is 2. The molecule has 364 valence electrons. The maximum atomic E-state index is 13.2. The number of carbonyl (C=O) groups excluding carboxylic acids is 9. The molecule has 2 aliphatic heterocycles. The molecule has 0 fully saturated rings. The van der Waals surface area contributed by atoms with Crippen LogP contribution < -0.4 is 29.3 Å². The van der Waals surface area contributed by atoms with Gasteiger partial charge >= 0.3 is 17.9 Å². The molecule has 1 N–H and O–H groups in total. The second-order valence-electron chi connectivity index (χ2n) is 17.1. The maximum absolute atomic E-state index is 13.2. The molecule has 9 rings (SSSR count). The summed E-state index contributed by atoms with van der Waals surface area (Å²) in [6, 6.07) is 45.1. The molecule has 0 saturated carbocycles. The topological polar surface area (TPSA) is 200 Å². The Bertz CT molecular complexity index is 3510. The monoisotopic (exact) mass is 983 g/mol. The number of ketones is 2. The number of Topliss-reactive ketones (excluding diaryl/α,β-unsaturated/α-hetero) is 2. The van der Waals surface area contributed by atoms with Crippen molar-refractivity contribution in [2.45, 2.75) is 26.8 Å². The van der Waals surface area contributed by atoms with E-state index < -0.39 is 59.5 Å². The van der Waals surface area contributed by atoms with Crippen molar-refractivity contribution in [3.63, 3.8) is 0 Å². The molecule has 4 amide bonds. The van der Waals surface area contributed by atoms with Crippen LogP contribution in [0.4, 0.5) is 17.1 Å². The Labute approximate surface area is 422 Å². The molecule has 2 heterocycles. The molecule has 0 saturated heterocycles. The van der Waals surface area contributed by atoms with Crippen molar-refractivity contribution in [3.05, 3.63) is 227 Å². The van der Waals surface area contributed by atoms with Gasteiger partial charge in [0, 0.05) is 46.7 Å². The smallest absolute Gasteiger partial charge is 0.343 e. The summed E-state index contributed by atoms with van der Waals surface area (Å²) in [5.74, 6) is -3.72. The molecule has 2 aliphatic rings. The predicted octanol–water partition coefficient (Wildman–Crippen LogP) is 9.72. The van der Waals surface area contributed by atoms with Gasteiger partial charge in [-0.15, -0.1) is 0 Å². The highest BCUT2D eigenvalue weighted by Gasteiger charge is 2.31. The van der Waals surface area contributed by atoms with E-state index in [0.717, 1.165) is 26.5 Å². The zero-order chi connectivity index (χ0) is 52.0. The van der Waals surface area contributed by atoms with Gasteiger partial charge in [-0.3, -0.25) is 28.8 Å². The lowest BCUT2D eigenvalue weighted by molar-refractivity contribution is -0.121. The van der Waals surface area contributed by atoms with Gasteiger partial charge in [0.25, 0.3) is 23.6 Å². The van der Waals surface area contributed by atoms with Crippen LogP contribution in [0.15, 0.2) is 193 Å². The summed E-state index contributed by atoms with van der Waals surface area (Å²) in [5, 5.41) is 3.28. The third-order valence-corrected chi connectivity index (χ3v) is 11.9. The van der Waals surface area contributed by atoms with E-state index >= 15 is 0 Å². The van der Waals surface area contributed by atoms with Gasteiger partial charge in [-0.1, -0.05) is 48.5 Å². The van der Waals surface area contributed by atoms with Crippen molar-refractivity contribution in [2.75, 3.05) is 15.1 Å². The second kappa shape index (κ2) is 21.1. The average Bonchev–Trinajstić information content (AvgIpc) is 3.83. The number of amides is 4. The first-order valence-corrected chi connectivity index (χ1v) is 23.0. The van der Waals surface area contributed by atoms with Gasteiger partial charge < -0.3 is 19.5 Å². The van der Waals surface area contributed by atoms with Gasteiger partial charge in [0.2, 0.25) is 0 Å². The van der Waals surface area contributed by atoms with Gasteiger partial charge in [-0.2, -0.15) is 0 Å². The van der Waals surface area contributed by atoms with Gasteiger partial charge in [0.15, 0.2) is 11.6 Å². The summed E-state index contributed by atoms with van der Waals surface area (Å²) in [5.41, 5.74) is 5.51. The molecule has 0 atom stereocenters. The molecule has 15 heteroatoms. The summed E-state index contributed by atoms with van der Waals surface area (Å²) in [6.07, 6.45) is 2.03. The maximum Gasteiger partial charge on any atom is 0.343 e. The number of rotatable bonds is 16. The quantitative estimate of drug-likeness (QED) is 0.0316. The minimum Gasteiger partial charge on any atom is -0.423 e. The Morgan fingerprint density at radius 1 is 0.432 bits per heavy atom. The fourth-order valence-electron chi connectivity index (χ4n) is 7.96. The lowest BCUT2D eigenvalue weighted by Gasteiger charge is -2.14. The zero-order valence-electron chi connectivity index (χ0n) is 39.5. The standard InChI is InChI=1S/C59H41N3O12/c1-35-29-53(65)61(55(35)67)46-19-9-40(10-20-46)51(63)33-52(64)42-6-4-8-44(32-42)59(71)74-50-27-17-45(18-28-50)60-34-37-5-3-7-43(31-37)58(70)73-49-25-15-39(16-26-49)38-13-23-48(24-14-38)72-57(69)41-11-21-47(22-12-41)62-54(66)30-36(2)56(62)68/h3-32,60H,33-34H2,1-2H3. The molecular formula is C59H41N3O12. The van der Waals surface area contributed by atoms with Gasteiger partial charge in [0.05, 0.1) is 34.5 Å². The van der Waals surface area contributed by atoms with Crippen LogP contribution in [0.1, 0.15) is 77.6 Å². The SMILES string of the molecule is CC1=CC(=O)N(c2ccc(C(=O)CC(=O)c3cccc(C(=O)Oc4ccc(NCc5cccc(C(=O)Oc6ccc(-c7ccc(OC(=O)c8ccc(N9C(=O)C=C(C)C9=O)cc8)cc7)cc6)c5)cc4)c3)cc2)C1=O. The Balaban J connectivity index is 0.722. The summed E-state index contributed by atoms with van der Waals surface area (Å²) >= 11 is 0. The minimum atomic E-state index is -0.709. The number of esters is 3. The van der Waals surface area contributed by atoms with E-state index in [1.165, 1.54) is 84.9 Å². The molecule has 15 nitrogen and oxygen atoms in total. The van der Waals surface area contributed by atoms with Crippen LogP contribution in [-0.2, 0) is 25.7 Å². The fourth-order valence-corrected chi connectivity index (χ4v) is 7.96. The molecular weight excluding hydrogens is 943 g/mol. The van der Waals surface area contributed by atoms with Crippen molar-refractivity contribution in [1.82, 2.24) is 0 Å². The minimum absolute atomic E-state index is 0.105. The number of anilines is 3. The van der Waals surface area contributed by atoms with Gasteiger partial charge in [-0.05, 0) is 152 Å². The second-order valence-corrected chi connectivity index (χ2v) is 17.1. The first-order chi connectivity index (χ1) is 35.7. The van der Waals surface area contributed by atoms with E-state index in [0.29, 0.717) is 51.8 Å². The van der Waals surface area contributed by atoms with E-state index in [-0.39, 0.29) is 28.0 Å². The fraction of sp³-hybridized carbons (Fsp3) is 0.0678. The summed E-state index contributed by atoms with van der Waals surface area (Å²) in [4.78, 5) is 116. The van der Waals surface area contributed by atoms with Crippen LogP contribution in [0, 0.1) is 0 Å². The Hall–Kier alpha value is -10.2. The molecule has 0 aliphatic carbocycles. The Morgan fingerprint density at radius 2 is 0.838 bits per heavy atom. The van der Waals surface area contributed by atoms with Crippen LogP contribution in [0.5, 0.6) is 17.2 Å². The molecule has 0 bridgehead atoms. The van der Waals surface area contributed by atoms with Crippen molar-refractivity contribution in [2.24, 2.45) is 0 Å². The van der Waals surface area contributed by atoms with Crippen molar-refractivity contribution in [3.8, 4) is 28.4 Å². The molecule has 0 aromatic heterocycles. The number of nitrogens with one attached hydrogen (secondary N) is 1. The van der Waals surface area contributed by atoms with E-state index in [9.17, 15) is 43.2 Å².